The first-order valence-corrected chi connectivity index (χ1v) is 6.85. The lowest BCUT2D eigenvalue weighted by molar-refractivity contribution is -0.141. The lowest BCUT2D eigenvalue weighted by Crippen LogP contribution is -2.10. The fourth-order valence-electron chi connectivity index (χ4n) is 1.88. The molecule has 108 valence electrons. The smallest absolute Gasteiger partial charge is 0.361 e. The molecule has 1 aromatic heterocycles. The van der Waals surface area contributed by atoms with Gasteiger partial charge in [0.25, 0.3) is 0 Å². The van der Waals surface area contributed by atoms with Gasteiger partial charge in [0.2, 0.25) is 0 Å². The van der Waals surface area contributed by atoms with Crippen molar-refractivity contribution in [2.45, 2.75) is 25.6 Å². The summed E-state index contributed by atoms with van der Waals surface area (Å²) in [5, 5.41) is 8.72. The topological polar surface area (TPSA) is 40.7 Å². The van der Waals surface area contributed by atoms with Gasteiger partial charge in [-0.25, -0.2) is 0 Å². The molecule has 0 aliphatic carbocycles. The second-order valence-electron chi connectivity index (χ2n) is 4.27. The van der Waals surface area contributed by atoms with Gasteiger partial charge in [-0.2, -0.15) is 18.3 Å². The molecule has 1 unspecified atom stereocenters. The summed E-state index contributed by atoms with van der Waals surface area (Å²) in [6.07, 6.45) is -3.73. The number of halogens is 4. The van der Waals surface area contributed by atoms with Crippen molar-refractivity contribution in [1.82, 2.24) is 10.2 Å². The monoisotopic (exact) mass is 347 g/mol. The van der Waals surface area contributed by atoms with Gasteiger partial charge >= 0.3 is 6.18 Å². The second-order valence-corrected chi connectivity index (χ2v) is 5.07. The quantitative estimate of drug-likeness (QED) is 0.837. The summed E-state index contributed by atoms with van der Waals surface area (Å²) >= 11 is 2.94. The predicted octanol–water partition coefficient (Wildman–Crippen LogP) is 4.75. The zero-order valence-electron chi connectivity index (χ0n) is 10.6. The minimum atomic E-state index is -4.46. The van der Waals surface area contributed by atoms with Gasteiger partial charge in [0.05, 0.1) is 10.5 Å². The highest BCUT2D eigenvalue weighted by atomic mass is 79.9. The number of hydrogen-bond donors (Lipinski definition) is 2. The molecule has 2 aromatic rings. The summed E-state index contributed by atoms with van der Waals surface area (Å²) in [5.74, 6) is 0.160. The van der Waals surface area contributed by atoms with Gasteiger partial charge in [0.15, 0.2) is 11.5 Å². The van der Waals surface area contributed by atoms with E-state index in [1.54, 1.807) is 0 Å². The number of nitrogens with zero attached hydrogens (tertiary/aromatic N) is 1. The predicted molar refractivity (Wildman–Crippen MR) is 74.4 cm³/mol. The molecular weight excluding hydrogens is 335 g/mol. The average Bonchev–Trinajstić information content (AvgIpc) is 2.78. The summed E-state index contributed by atoms with van der Waals surface area (Å²) in [5.41, 5.74) is 0.112. The fourth-order valence-corrected chi connectivity index (χ4v) is 2.40. The van der Waals surface area contributed by atoms with E-state index in [9.17, 15) is 13.2 Å². The van der Waals surface area contributed by atoms with Crippen LogP contribution in [0.5, 0.6) is 0 Å². The molecule has 0 aliphatic heterocycles. The Morgan fingerprint density at radius 1 is 1.30 bits per heavy atom. The number of H-pyrrole nitrogens is 1. The molecule has 3 nitrogen and oxygen atoms in total. The normalized spacial score (nSPS) is 13.2. The first-order valence-electron chi connectivity index (χ1n) is 6.06. The molecule has 1 aromatic carbocycles. The van der Waals surface area contributed by atoms with Crippen LogP contribution < -0.4 is 5.32 Å². The number of aromatic nitrogens is 2. The van der Waals surface area contributed by atoms with Crippen molar-refractivity contribution in [3.05, 3.63) is 46.1 Å². The van der Waals surface area contributed by atoms with E-state index in [0.717, 1.165) is 12.0 Å². The molecule has 20 heavy (non-hydrogen) atoms. The molecule has 1 heterocycles. The zero-order chi connectivity index (χ0) is 14.8. The molecule has 2 rings (SSSR count). The highest BCUT2D eigenvalue weighted by Crippen LogP contribution is 2.37. The molecule has 0 saturated heterocycles. The van der Waals surface area contributed by atoms with Crippen LogP contribution in [0, 0.1) is 0 Å². The van der Waals surface area contributed by atoms with Crippen LogP contribution in [0.3, 0.4) is 0 Å². The number of nitrogens with one attached hydrogen (secondary N) is 2. The SMILES string of the molecule is CCC(Nc1n[nH]c(C(F)(F)F)c1Br)c1ccccc1. The van der Waals surface area contributed by atoms with E-state index in [-0.39, 0.29) is 16.3 Å². The Morgan fingerprint density at radius 3 is 2.45 bits per heavy atom. The Bertz CT molecular complexity index is 566. The van der Waals surface area contributed by atoms with Gasteiger partial charge in [0, 0.05) is 0 Å². The first-order chi connectivity index (χ1) is 9.43. The van der Waals surface area contributed by atoms with E-state index in [2.05, 4.69) is 26.3 Å². The van der Waals surface area contributed by atoms with Crippen molar-refractivity contribution >= 4 is 21.7 Å². The number of rotatable bonds is 4. The second kappa shape index (κ2) is 5.87. The van der Waals surface area contributed by atoms with Gasteiger partial charge in [-0.05, 0) is 27.9 Å². The van der Waals surface area contributed by atoms with Gasteiger partial charge in [-0.15, -0.1) is 0 Å². The van der Waals surface area contributed by atoms with Crippen LogP contribution in [0.1, 0.15) is 30.6 Å². The van der Waals surface area contributed by atoms with Crippen molar-refractivity contribution in [1.29, 1.82) is 0 Å². The number of alkyl halides is 3. The van der Waals surface area contributed by atoms with Crippen LogP contribution >= 0.6 is 15.9 Å². The maximum Gasteiger partial charge on any atom is 0.434 e. The molecule has 0 spiro atoms. The first kappa shape index (κ1) is 14.9. The molecule has 1 atom stereocenters. The Kier molecular flexibility index (Phi) is 4.37. The molecule has 0 bridgehead atoms. The lowest BCUT2D eigenvalue weighted by atomic mass is 10.0. The van der Waals surface area contributed by atoms with Crippen LogP contribution in [0.15, 0.2) is 34.8 Å². The molecule has 0 fully saturated rings. The van der Waals surface area contributed by atoms with E-state index < -0.39 is 11.9 Å². The number of aromatic amines is 1. The van der Waals surface area contributed by atoms with Crippen LogP contribution in [-0.2, 0) is 6.18 Å². The Hall–Kier alpha value is -1.50. The third kappa shape index (κ3) is 3.15. The lowest BCUT2D eigenvalue weighted by Gasteiger charge is -2.17. The third-order valence-electron chi connectivity index (χ3n) is 2.91. The largest absolute Gasteiger partial charge is 0.434 e. The van der Waals surface area contributed by atoms with Gasteiger partial charge in [0.1, 0.15) is 0 Å². The Balaban J connectivity index is 2.23. The maximum atomic E-state index is 12.7. The summed E-state index contributed by atoms with van der Waals surface area (Å²) in [6, 6.07) is 9.42. The van der Waals surface area contributed by atoms with Crippen molar-refractivity contribution in [2.24, 2.45) is 0 Å². The van der Waals surface area contributed by atoms with Crippen LogP contribution in [0.25, 0.3) is 0 Å². The van der Waals surface area contributed by atoms with Crippen molar-refractivity contribution in [3.63, 3.8) is 0 Å². The number of anilines is 1. The molecule has 7 heteroatoms. The van der Waals surface area contributed by atoms with E-state index in [4.69, 9.17) is 0 Å². The molecule has 0 amide bonds. The van der Waals surface area contributed by atoms with Gasteiger partial charge in [-0.1, -0.05) is 37.3 Å². The molecular formula is C13H13BrF3N3. The zero-order valence-corrected chi connectivity index (χ0v) is 12.2. The van der Waals surface area contributed by atoms with E-state index in [1.807, 2.05) is 42.4 Å². The Labute approximate surface area is 122 Å². The molecule has 0 radical (unpaired) electrons. The average molecular weight is 348 g/mol. The van der Waals surface area contributed by atoms with Crippen molar-refractivity contribution < 1.29 is 13.2 Å². The van der Waals surface area contributed by atoms with E-state index in [1.165, 1.54) is 0 Å². The van der Waals surface area contributed by atoms with E-state index in [0.29, 0.717) is 0 Å². The van der Waals surface area contributed by atoms with Crippen molar-refractivity contribution in [3.8, 4) is 0 Å². The standard InChI is InChI=1S/C13H13BrF3N3/c1-2-9(8-6-4-3-5-7-8)18-12-10(14)11(19-20-12)13(15,16)17/h3-7,9H,2H2,1H3,(H2,18,19,20). The van der Waals surface area contributed by atoms with Crippen LogP contribution in [-0.4, -0.2) is 10.2 Å². The fraction of sp³-hybridized carbons (Fsp3) is 0.308. The highest BCUT2D eigenvalue weighted by Gasteiger charge is 2.37. The third-order valence-corrected chi connectivity index (χ3v) is 3.68. The van der Waals surface area contributed by atoms with Crippen molar-refractivity contribution in [2.75, 3.05) is 5.32 Å². The highest BCUT2D eigenvalue weighted by molar-refractivity contribution is 9.10. The Morgan fingerprint density at radius 2 is 1.95 bits per heavy atom. The van der Waals surface area contributed by atoms with E-state index >= 15 is 0 Å². The van der Waals surface area contributed by atoms with Gasteiger partial charge in [-0.3, -0.25) is 5.10 Å². The number of hydrogen-bond acceptors (Lipinski definition) is 2. The summed E-state index contributed by atoms with van der Waals surface area (Å²) in [6.45, 7) is 1.95. The molecule has 0 saturated carbocycles. The molecule has 0 aliphatic rings. The number of benzene rings is 1. The maximum absolute atomic E-state index is 12.7. The van der Waals surface area contributed by atoms with Crippen LogP contribution in [0.4, 0.5) is 19.0 Å². The summed E-state index contributed by atoms with van der Waals surface area (Å²) < 4.78 is 37.9. The summed E-state index contributed by atoms with van der Waals surface area (Å²) in [7, 11) is 0. The minimum absolute atomic E-state index is 0.0978. The molecule has 2 N–H and O–H groups in total. The summed E-state index contributed by atoms with van der Waals surface area (Å²) in [4.78, 5) is 0. The minimum Gasteiger partial charge on any atom is -0.361 e. The van der Waals surface area contributed by atoms with Gasteiger partial charge < -0.3 is 5.32 Å². The van der Waals surface area contributed by atoms with Crippen LogP contribution in [0.2, 0.25) is 0 Å².